The van der Waals surface area contributed by atoms with Gasteiger partial charge in [-0.1, -0.05) is 101 Å². The van der Waals surface area contributed by atoms with Gasteiger partial charge in [-0.25, -0.2) is 9.59 Å². The molecule has 0 bridgehead atoms. The van der Waals surface area contributed by atoms with Crippen LogP contribution in [0.1, 0.15) is 130 Å². The molecule has 4 aliphatic rings. The molecule has 8 aromatic rings. The normalized spacial score (nSPS) is 17.1. The van der Waals surface area contributed by atoms with Crippen molar-refractivity contribution < 1.29 is 28.5 Å². The van der Waals surface area contributed by atoms with E-state index in [1.807, 2.05) is 111 Å². The van der Waals surface area contributed by atoms with Crippen molar-refractivity contribution in [2.75, 3.05) is 60.9 Å². The van der Waals surface area contributed by atoms with Gasteiger partial charge in [0, 0.05) is 126 Å². The van der Waals surface area contributed by atoms with Crippen molar-refractivity contribution in [1.29, 1.82) is 0 Å². The monoisotopic (exact) mass is 1050 g/mol. The number of fused-ring (bicyclic) bond motifs is 12. The number of aryl methyl sites for hydroxylation is 2. The summed E-state index contributed by atoms with van der Waals surface area (Å²) in [6.45, 7) is 14.9. The molecule has 12 rings (SSSR count). The van der Waals surface area contributed by atoms with E-state index in [9.17, 15) is 9.59 Å². The fourth-order valence-electron chi connectivity index (χ4n) is 12.4. The van der Waals surface area contributed by atoms with E-state index in [-0.39, 0.29) is 17.4 Å². The van der Waals surface area contributed by atoms with E-state index in [0.29, 0.717) is 34.1 Å². The van der Waals surface area contributed by atoms with E-state index in [4.69, 9.17) is 18.9 Å². The molecule has 0 fully saturated rings. The van der Waals surface area contributed by atoms with Gasteiger partial charge in [-0.05, 0) is 134 Å². The molecule has 4 aliphatic heterocycles. The first-order valence-electron chi connectivity index (χ1n) is 27.8. The van der Waals surface area contributed by atoms with Gasteiger partial charge in [0.1, 0.15) is 23.0 Å². The van der Waals surface area contributed by atoms with E-state index < -0.39 is 11.2 Å². The molecule has 0 aliphatic carbocycles. The Morgan fingerprint density at radius 3 is 1.18 bits per heavy atom. The molecule has 2 spiro atoms. The van der Waals surface area contributed by atoms with E-state index in [1.165, 1.54) is 11.1 Å². The molecule has 0 aromatic heterocycles. The fraction of sp³-hybridized carbons (Fsp3) is 0.275. The molecule has 4 heterocycles. The second-order valence-corrected chi connectivity index (χ2v) is 22.6. The van der Waals surface area contributed by atoms with E-state index in [2.05, 4.69) is 136 Å². The third-order valence-electron chi connectivity index (χ3n) is 16.9. The molecule has 0 N–H and O–H groups in total. The van der Waals surface area contributed by atoms with Gasteiger partial charge in [0.2, 0.25) is 0 Å². The number of nitrogens with zero attached hydrogens (tertiary/aromatic N) is 4. The molecule has 400 valence electrons. The lowest BCUT2D eigenvalue weighted by Crippen LogP contribution is -2.33. The quantitative estimate of drug-likeness (QED) is 0.0982. The summed E-state index contributed by atoms with van der Waals surface area (Å²) < 4.78 is 26.8. The van der Waals surface area contributed by atoms with E-state index >= 15 is 0 Å². The summed E-state index contributed by atoms with van der Waals surface area (Å²) in [5.41, 5.74) is 14.0. The molecule has 2 atom stereocenters. The van der Waals surface area contributed by atoms with Gasteiger partial charge in [-0.3, -0.25) is 0 Å². The molecule has 0 saturated heterocycles. The van der Waals surface area contributed by atoms with Gasteiger partial charge >= 0.3 is 11.9 Å². The lowest BCUT2D eigenvalue weighted by atomic mass is 9.77. The second kappa shape index (κ2) is 19.4. The van der Waals surface area contributed by atoms with Crippen molar-refractivity contribution in [2.24, 2.45) is 0 Å². The fourth-order valence-corrected chi connectivity index (χ4v) is 12.4. The minimum Gasteiger partial charge on any atom is -0.456 e. The summed E-state index contributed by atoms with van der Waals surface area (Å²) in [7, 11) is 8.04. The number of carbonyl (C=O) groups is 2. The zero-order chi connectivity index (χ0) is 55.1. The van der Waals surface area contributed by atoms with Crippen molar-refractivity contribution in [3.8, 4) is 23.0 Å². The summed E-state index contributed by atoms with van der Waals surface area (Å²) in [5.74, 6) is 2.00. The molecule has 79 heavy (non-hydrogen) atoms. The zero-order valence-corrected chi connectivity index (χ0v) is 47.0. The number of benzene rings is 8. The standard InChI is InChI=1S/C69H68N4O6/c1-11-13-35-72(59-41-57-61(37-43(59)3)76-63-39-49(70(7)8)31-33-55(63)68(57)53-21-17-15-19-51(53)65(74)78-68)47-27-23-45(24-28-47)67(5,6)46-25-29-48(30-26-46)73(36-14-12-2)60-42-58-62(38-44(60)4)77-64-40-50(71(9)10)32-34-56(64)69(58)54-22-18-16-20-52(54)66(75)79-69/h15-34,37-42H,11-14,35-36H2,1-10H3. The van der Waals surface area contributed by atoms with Crippen molar-refractivity contribution in [3.63, 3.8) is 0 Å². The van der Waals surface area contributed by atoms with Gasteiger partial charge < -0.3 is 38.5 Å². The first-order valence-corrected chi connectivity index (χ1v) is 27.8. The number of unbranched alkanes of at least 4 members (excludes halogenated alkanes) is 2. The average molecular weight is 1050 g/mol. The number of rotatable bonds is 14. The number of carbonyl (C=O) groups excluding carboxylic acids is 2. The van der Waals surface area contributed by atoms with Crippen LogP contribution >= 0.6 is 0 Å². The third-order valence-corrected chi connectivity index (χ3v) is 16.9. The Kier molecular flexibility index (Phi) is 12.6. The largest absolute Gasteiger partial charge is 0.456 e. The molecular formula is C69H68N4O6. The summed E-state index contributed by atoms with van der Waals surface area (Å²) in [6, 6.07) is 54.4. The van der Waals surface area contributed by atoms with Crippen LogP contribution in [-0.4, -0.2) is 53.2 Å². The third kappa shape index (κ3) is 8.12. The van der Waals surface area contributed by atoms with Crippen LogP contribution in [-0.2, 0) is 26.1 Å². The number of anilines is 6. The lowest BCUT2D eigenvalue weighted by Gasteiger charge is -2.38. The Balaban J connectivity index is 0.874. The van der Waals surface area contributed by atoms with Crippen LogP contribution in [0.4, 0.5) is 34.1 Å². The van der Waals surface area contributed by atoms with Crippen molar-refractivity contribution in [1.82, 2.24) is 0 Å². The van der Waals surface area contributed by atoms with Crippen LogP contribution in [0, 0.1) is 13.8 Å². The number of ether oxygens (including phenoxy) is 4. The van der Waals surface area contributed by atoms with Gasteiger partial charge in [0.25, 0.3) is 0 Å². The summed E-state index contributed by atoms with van der Waals surface area (Å²) in [4.78, 5) is 36.6. The molecular weight excluding hydrogens is 981 g/mol. The van der Waals surface area contributed by atoms with Gasteiger partial charge in [-0.15, -0.1) is 0 Å². The maximum Gasteiger partial charge on any atom is 0.340 e. The van der Waals surface area contributed by atoms with Crippen LogP contribution < -0.4 is 29.1 Å². The van der Waals surface area contributed by atoms with Crippen molar-refractivity contribution in [2.45, 2.75) is 83.8 Å². The van der Waals surface area contributed by atoms with Crippen LogP contribution in [0.3, 0.4) is 0 Å². The first kappa shape index (κ1) is 51.3. The highest BCUT2D eigenvalue weighted by Crippen LogP contribution is 2.60. The van der Waals surface area contributed by atoms with E-state index in [0.717, 1.165) is 117 Å². The molecule has 10 heteroatoms. The topological polar surface area (TPSA) is 84.0 Å². The SMILES string of the molecule is CCCCN(c1ccc(C(C)(C)c2ccc(N(CCCC)c3cc4c(cc3C)Oc3cc(N(C)C)ccc3C43OC(=O)c4ccccc43)cc2)cc1)c1cc2c(cc1C)Oc1cc(N(C)C)ccc1C21OC(=O)c2ccccc21. The molecule has 0 amide bonds. The number of esters is 2. The number of hydrogen-bond donors (Lipinski definition) is 0. The predicted octanol–water partition coefficient (Wildman–Crippen LogP) is 15.8. The van der Waals surface area contributed by atoms with Crippen LogP contribution in [0.25, 0.3) is 0 Å². The maximum atomic E-state index is 13.8. The van der Waals surface area contributed by atoms with Crippen LogP contribution in [0.5, 0.6) is 23.0 Å². The molecule has 10 nitrogen and oxygen atoms in total. The predicted molar refractivity (Wildman–Crippen MR) is 316 cm³/mol. The average Bonchev–Trinajstić information content (AvgIpc) is 4.09. The van der Waals surface area contributed by atoms with Crippen LogP contribution in [0.15, 0.2) is 158 Å². The molecule has 2 unspecified atom stereocenters. The minimum absolute atomic E-state index is 0.338. The Bertz CT molecular complexity index is 3490. The van der Waals surface area contributed by atoms with Crippen LogP contribution in [0.2, 0.25) is 0 Å². The Morgan fingerprint density at radius 2 is 0.797 bits per heavy atom. The molecule has 0 saturated carbocycles. The van der Waals surface area contributed by atoms with Gasteiger partial charge in [0.05, 0.1) is 11.1 Å². The minimum atomic E-state index is -1.18. The Hall–Kier alpha value is -8.50. The first-order chi connectivity index (χ1) is 38.1. The maximum absolute atomic E-state index is 13.8. The zero-order valence-electron chi connectivity index (χ0n) is 47.0. The molecule has 8 aromatic carbocycles. The van der Waals surface area contributed by atoms with E-state index in [1.54, 1.807) is 0 Å². The summed E-state index contributed by atoms with van der Waals surface area (Å²) in [5, 5.41) is 0. The lowest BCUT2D eigenvalue weighted by molar-refractivity contribution is 0.0214. The highest BCUT2D eigenvalue weighted by Gasteiger charge is 2.55. The van der Waals surface area contributed by atoms with Crippen molar-refractivity contribution in [3.05, 3.63) is 224 Å². The smallest absolute Gasteiger partial charge is 0.340 e. The Labute approximate surface area is 464 Å². The highest BCUT2D eigenvalue weighted by molar-refractivity contribution is 5.98. The second-order valence-electron chi connectivity index (χ2n) is 22.6. The van der Waals surface area contributed by atoms with Crippen molar-refractivity contribution >= 4 is 46.1 Å². The van der Waals surface area contributed by atoms with Gasteiger partial charge in [0.15, 0.2) is 11.2 Å². The summed E-state index contributed by atoms with van der Waals surface area (Å²) >= 11 is 0. The van der Waals surface area contributed by atoms with Gasteiger partial charge in [-0.2, -0.15) is 0 Å². The Morgan fingerprint density at radius 1 is 0.430 bits per heavy atom. The molecule has 0 radical (unpaired) electrons. The summed E-state index contributed by atoms with van der Waals surface area (Å²) in [6.07, 6.45) is 4.01. The number of hydrogen-bond acceptors (Lipinski definition) is 10. The highest BCUT2D eigenvalue weighted by atomic mass is 16.6.